The molecule has 0 aliphatic carbocycles. The second-order valence-corrected chi connectivity index (χ2v) is 4.99. The minimum Gasteiger partial charge on any atom is -0.461 e. The van der Waals surface area contributed by atoms with E-state index in [0.717, 1.165) is 0 Å². The van der Waals surface area contributed by atoms with E-state index in [4.69, 9.17) is 10.5 Å². The molecule has 0 aliphatic heterocycles. The van der Waals surface area contributed by atoms with Crippen molar-refractivity contribution in [1.29, 1.82) is 0 Å². The van der Waals surface area contributed by atoms with Crippen LogP contribution in [0.3, 0.4) is 0 Å². The molecule has 0 aliphatic rings. The molecule has 0 aromatic heterocycles. The zero-order valence-corrected chi connectivity index (χ0v) is 12.5. The summed E-state index contributed by atoms with van der Waals surface area (Å²) in [5, 5.41) is 3.44. The minimum absolute atomic E-state index is 0.297. The number of nitrogen functional groups attached to an aromatic ring is 1. The van der Waals surface area contributed by atoms with Gasteiger partial charge in [-0.15, -0.1) is 0 Å². The van der Waals surface area contributed by atoms with Gasteiger partial charge in [-0.25, -0.2) is 4.79 Å². The molecular weight excluding hydrogens is 252 g/mol. The van der Waals surface area contributed by atoms with E-state index in [-0.39, 0.29) is 5.97 Å². The lowest BCUT2D eigenvalue weighted by molar-refractivity contribution is 0.0505. The summed E-state index contributed by atoms with van der Waals surface area (Å²) >= 11 is 0. The van der Waals surface area contributed by atoms with E-state index in [9.17, 15) is 4.79 Å². The van der Waals surface area contributed by atoms with Crippen LogP contribution in [0.2, 0.25) is 0 Å². The van der Waals surface area contributed by atoms with Crippen LogP contribution in [0.25, 0.3) is 0 Å². The lowest BCUT2D eigenvalue weighted by atomic mass is 10.1. The van der Waals surface area contributed by atoms with Gasteiger partial charge in [0.05, 0.1) is 5.56 Å². The normalized spacial score (nSPS) is 10.8. The number of nitrogens with one attached hydrogen (secondary N) is 1. The highest BCUT2D eigenvalue weighted by Gasteiger charge is 2.08. The lowest BCUT2D eigenvalue weighted by Crippen LogP contribution is -2.32. The first kappa shape index (κ1) is 16.5. The van der Waals surface area contributed by atoms with Crippen molar-refractivity contribution in [2.24, 2.45) is 0 Å². The van der Waals surface area contributed by atoms with Crippen LogP contribution in [0, 0.1) is 0 Å². The Bertz CT molecular complexity index is 384. The fourth-order valence-electron chi connectivity index (χ4n) is 2.15. The molecule has 4 nitrogen and oxygen atoms in total. The molecule has 0 saturated heterocycles. The Kier molecular flexibility index (Phi) is 7.73. The van der Waals surface area contributed by atoms with Gasteiger partial charge in [0.15, 0.2) is 0 Å². The van der Waals surface area contributed by atoms with Crippen LogP contribution in [-0.2, 0) is 4.74 Å². The molecule has 0 radical (unpaired) electrons. The molecule has 0 amide bonds. The van der Waals surface area contributed by atoms with E-state index in [1.165, 1.54) is 25.7 Å². The second kappa shape index (κ2) is 9.37. The fraction of sp³-hybridized carbons (Fsp3) is 0.562. The number of esters is 1. The highest BCUT2D eigenvalue weighted by molar-refractivity contribution is 5.89. The van der Waals surface area contributed by atoms with E-state index in [1.807, 2.05) is 0 Å². The molecular formula is C16H26N2O2. The van der Waals surface area contributed by atoms with Gasteiger partial charge in [0.1, 0.15) is 6.61 Å². The molecule has 1 aromatic carbocycles. The summed E-state index contributed by atoms with van der Waals surface area (Å²) in [5.74, 6) is -0.297. The van der Waals surface area contributed by atoms with Gasteiger partial charge in [0.25, 0.3) is 0 Å². The topological polar surface area (TPSA) is 64.3 Å². The average molecular weight is 278 g/mol. The van der Waals surface area contributed by atoms with Crippen molar-refractivity contribution < 1.29 is 9.53 Å². The number of benzene rings is 1. The smallest absolute Gasteiger partial charge is 0.338 e. The van der Waals surface area contributed by atoms with Gasteiger partial charge in [0, 0.05) is 18.3 Å². The molecule has 0 unspecified atom stereocenters. The van der Waals surface area contributed by atoms with Gasteiger partial charge in [0.2, 0.25) is 0 Å². The van der Waals surface area contributed by atoms with E-state index < -0.39 is 0 Å². The average Bonchev–Trinajstić information content (AvgIpc) is 2.44. The molecule has 0 spiro atoms. The zero-order valence-electron chi connectivity index (χ0n) is 12.5. The van der Waals surface area contributed by atoms with Crippen molar-refractivity contribution in [3.05, 3.63) is 29.8 Å². The summed E-state index contributed by atoms with van der Waals surface area (Å²) in [6.07, 6.45) is 4.67. The molecule has 1 aromatic rings. The van der Waals surface area contributed by atoms with Crippen molar-refractivity contribution in [1.82, 2.24) is 5.32 Å². The van der Waals surface area contributed by atoms with Crippen LogP contribution in [0.4, 0.5) is 5.69 Å². The molecule has 0 atom stereocenters. The van der Waals surface area contributed by atoms with Crippen molar-refractivity contribution in [3.8, 4) is 0 Å². The molecule has 0 bridgehead atoms. The summed E-state index contributed by atoms with van der Waals surface area (Å²) in [5.41, 5.74) is 6.76. The highest BCUT2D eigenvalue weighted by atomic mass is 16.5. The highest BCUT2D eigenvalue weighted by Crippen LogP contribution is 2.07. The third-order valence-electron chi connectivity index (χ3n) is 3.19. The first-order chi connectivity index (χ1) is 9.67. The molecule has 0 heterocycles. The van der Waals surface area contributed by atoms with Gasteiger partial charge in [-0.3, -0.25) is 0 Å². The standard InChI is InChI=1S/C16H26N2O2/c1-3-5-15(6-4-2)18-11-12-20-16(19)13-7-9-14(17)10-8-13/h7-10,15,18H,3-6,11-12,17H2,1-2H3. The monoisotopic (exact) mass is 278 g/mol. The summed E-state index contributed by atoms with van der Waals surface area (Å²) < 4.78 is 5.23. The molecule has 3 N–H and O–H groups in total. The van der Waals surface area contributed by atoms with Crippen LogP contribution in [-0.4, -0.2) is 25.2 Å². The molecule has 4 heteroatoms. The fourth-order valence-corrected chi connectivity index (χ4v) is 2.15. The van der Waals surface area contributed by atoms with E-state index in [2.05, 4.69) is 19.2 Å². The van der Waals surface area contributed by atoms with Crippen LogP contribution >= 0.6 is 0 Å². The van der Waals surface area contributed by atoms with Gasteiger partial charge < -0.3 is 15.8 Å². The Labute approximate surface area is 121 Å². The molecule has 112 valence electrons. The Morgan fingerprint density at radius 1 is 1.20 bits per heavy atom. The van der Waals surface area contributed by atoms with Crippen molar-refractivity contribution >= 4 is 11.7 Å². The van der Waals surface area contributed by atoms with Gasteiger partial charge >= 0.3 is 5.97 Å². The maximum Gasteiger partial charge on any atom is 0.338 e. The second-order valence-electron chi connectivity index (χ2n) is 4.99. The molecule has 20 heavy (non-hydrogen) atoms. The first-order valence-corrected chi connectivity index (χ1v) is 7.43. The van der Waals surface area contributed by atoms with Crippen molar-refractivity contribution in [3.63, 3.8) is 0 Å². The maximum absolute atomic E-state index is 11.8. The summed E-state index contributed by atoms with van der Waals surface area (Å²) in [7, 11) is 0. The Balaban J connectivity index is 2.26. The molecule has 0 saturated carbocycles. The van der Waals surface area contributed by atoms with Crippen LogP contribution in [0.1, 0.15) is 49.9 Å². The summed E-state index contributed by atoms with van der Waals surface area (Å²) in [6.45, 7) is 5.47. The van der Waals surface area contributed by atoms with Crippen LogP contribution in [0.5, 0.6) is 0 Å². The predicted molar refractivity (Wildman–Crippen MR) is 82.7 cm³/mol. The Morgan fingerprint density at radius 3 is 2.35 bits per heavy atom. The number of ether oxygens (including phenoxy) is 1. The minimum atomic E-state index is -0.297. The van der Waals surface area contributed by atoms with Crippen LogP contribution < -0.4 is 11.1 Å². The quantitative estimate of drug-likeness (QED) is 0.414. The largest absolute Gasteiger partial charge is 0.461 e. The summed E-state index contributed by atoms with van der Waals surface area (Å²) in [6, 6.07) is 7.30. The predicted octanol–water partition coefficient (Wildman–Crippen LogP) is 2.98. The SMILES string of the molecule is CCCC(CCC)NCCOC(=O)c1ccc(N)cc1. The third-order valence-corrected chi connectivity index (χ3v) is 3.19. The Morgan fingerprint density at radius 2 is 1.80 bits per heavy atom. The number of carbonyl (C=O) groups excluding carboxylic acids is 1. The molecule has 1 rings (SSSR count). The van der Waals surface area contributed by atoms with Gasteiger partial charge in [-0.1, -0.05) is 26.7 Å². The molecule has 0 fully saturated rings. The number of carbonyl (C=O) groups is 1. The van der Waals surface area contributed by atoms with E-state index in [1.54, 1.807) is 24.3 Å². The zero-order chi connectivity index (χ0) is 14.8. The van der Waals surface area contributed by atoms with Crippen molar-refractivity contribution in [2.45, 2.75) is 45.6 Å². The number of hydrogen-bond acceptors (Lipinski definition) is 4. The number of anilines is 1. The van der Waals surface area contributed by atoms with E-state index >= 15 is 0 Å². The summed E-state index contributed by atoms with van der Waals surface area (Å²) in [4.78, 5) is 11.8. The lowest BCUT2D eigenvalue weighted by Gasteiger charge is -2.17. The van der Waals surface area contributed by atoms with Crippen LogP contribution in [0.15, 0.2) is 24.3 Å². The van der Waals surface area contributed by atoms with Gasteiger partial charge in [-0.2, -0.15) is 0 Å². The Hall–Kier alpha value is -1.55. The first-order valence-electron chi connectivity index (χ1n) is 7.43. The maximum atomic E-state index is 11.8. The third kappa shape index (κ3) is 6.06. The van der Waals surface area contributed by atoms with Gasteiger partial charge in [-0.05, 0) is 37.1 Å². The van der Waals surface area contributed by atoms with Crippen molar-refractivity contribution in [2.75, 3.05) is 18.9 Å². The number of hydrogen-bond donors (Lipinski definition) is 2. The number of nitrogens with two attached hydrogens (primary N) is 1. The number of rotatable bonds is 9. The van der Waals surface area contributed by atoms with E-state index in [0.29, 0.717) is 30.4 Å².